The lowest BCUT2D eigenvalue weighted by atomic mass is 10.1. The first-order valence-electron chi connectivity index (χ1n) is 9.52. The molecule has 0 aliphatic carbocycles. The van der Waals surface area contributed by atoms with Crippen LogP contribution >= 0.6 is 23.2 Å². The Labute approximate surface area is 184 Å². The number of anilines is 2. The largest absolute Gasteiger partial charge is 0.378 e. The predicted molar refractivity (Wildman–Crippen MR) is 120 cm³/mol. The maximum absolute atomic E-state index is 5.99. The topological polar surface area (TPSA) is 75.5 Å². The molecule has 1 aromatic heterocycles. The second kappa shape index (κ2) is 9.84. The van der Waals surface area contributed by atoms with E-state index in [1.54, 1.807) is 6.21 Å². The quantitative estimate of drug-likeness (QED) is 0.458. The summed E-state index contributed by atoms with van der Waals surface area (Å²) in [5.74, 6) is 1.65. The molecule has 0 spiro atoms. The molecule has 30 heavy (non-hydrogen) atoms. The van der Waals surface area contributed by atoms with Gasteiger partial charge >= 0.3 is 0 Å². The van der Waals surface area contributed by atoms with Crippen LogP contribution in [-0.4, -0.2) is 47.5 Å². The molecule has 0 amide bonds. The Morgan fingerprint density at radius 2 is 1.60 bits per heavy atom. The van der Waals surface area contributed by atoms with Gasteiger partial charge in [-0.05, 0) is 35.4 Å². The third kappa shape index (κ3) is 5.66. The van der Waals surface area contributed by atoms with Crippen molar-refractivity contribution in [3.05, 3.63) is 75.5 Å². The molecule has 4 rings (SSSR count). The number of ether oxygens (including phenoxy) is 1. The lowest BCUT2D eigenvalue weighted by Crippen LogP contribution is -2.37. The zero-order valence-electron chi connectivity index (χ0n) is 16.1. The highest BCUT2D eigenvalue weighted by molar-refractivity contribution is 6.30. The first-order valence-corrected chi connectivity index (χ1v) is 10.3. The van der Waals surface area contributed by atoms with Crippen LogP contribution in [0, 0.1) is 0 Å². The summed E-state index contributed by atoms with van der Waals surface area (Å²) in [4.78, 5) is 15.8. The van der Waals surface area contributed by atoms with Crippen molar-refractivity contribution < 1.29 is 4.74 Å². The molecule has 9 heteroatoms. The molecule has 1 saturated heterocycles. The number of hydrogen-bond donors (Lipinski definition) is 1. The Bertz CT molecular complexity index is 1010. The normalized spacial score (nSPS) is 14.3. The molecule has 2 heterocycles. The monoisotopic (exact) mass is 442 g/mol. The zero-order valence-corrected chi connectivity index (χ0v) is 17.6. The van der Waals surface area contributed by atoms with Crippen LogP contribution in [-0.2, 0) is 11.2 Å². The van der Waals surface area contributed by atoms with Crippen LogP contribution in [0.4, 0.5) is 11.9 Å². The number of morpholine rings is 1. The van der Waals surface area contributed by atoms with E-state index in [9.17, 15) is 0 Å². The fourth-order valence-electron chi connectivity index (χ4n) is 2.94. The fourth-order valence-corrected chi connectivity index (χ4v) is 3.19. The zero-order chi connectivity index (χ0) is 20.8. The van der Waals surface area contributed by atoms with Crippen LogP contribution in [0.2, 0.25) is 10.0 Å². The van der Waals surface area contributed by atoms with Gasteiger partial charge in [-0.3, -0.25) is 0 Å². The average Bonchev–Trinajstić information content (AvgIpc) is 2.77. The molecular weight excluding hydrogens is 423 g/mol. The molecule has 0 bridgehead atoms. The van der Waals surface area contributed by atoms with Gasteiger partial charge in [-0.25, -0.2) is 5.43 Å². The lowest BCUT2D eigenvalue weighted by Gasteiger charge is -2.27. The third-order valence-electron chi connectivity index (χ3n) is 4.49. The molecule has 0 saturated carbocycles. The molecule has 1 aliphatic rings. The average molecular weight is 443 g/mol. The van der Waals surface area contributed by atoms with Crippen LogP contribution in [0.1, 0.15) is 17.0 Å². The molecule has 1 aliphatic heterocycles. The van der Waals surface area contributed by atoms with Crippen LogP contribution in [0.3, 0.4) is 0 Å². The van der Waals surface area contributed by atoms with E-state index in [-0.39, 0.29) is 0 Å². The molecule has 2 aromatic carbocycles. The summed E-state index contributed by atoms with van der Waals surface area (Å²) in [6.45, 7) is 2.77. The SMILES string of the molecule is Clc1ccc(/C=N/Nc2nc(Cc3ccc(Cl)cc3)nc(N3CCOCC3)n2)cc1. The van der Waals surface area contributed by atoms with Gasteiger partial charge in [0.15, 0.2) is 0 Å². The Morgan fingerprint density at radius 1 is 0.933 bits per heavy atom. The van der Waals surface area contributed by atoms with Gasteiger partial charge in [0.2, 0.25) is 11.9 Å². The van der Waals surface area contributed by atoms with Crippen molar-refractivity contribution in [2.45, 2.75) is 6.42 Å². The minimum absolute atomic E-state index is 0.390. The summed E-state index contributed by atoms with van der Waals surface area (Å²) in [5, 5.41) is 5.63. The predicted octanol–water partition coefficient (Wildman–Crippen LogP) is 4.05. The first kappa shape index (κ1) is 20.5. The Hall–Kier alpha value is -2.74. The number of hydrazone groups is 1. The molecule has 0 unspecified atom stereocenters. The van der Waals surface area contributed by atoms with Crippen LogP contribution in [0.15, 0.2) is 53.6 Å². The number of nitrogens with zero attached hydrogens (tertiary/aromatic N) is 5. The highest BCUT2D eigenvalue weighted by Crippen LogP contribution is 2.17. The van der Waals surface area contributed by atoms with E-state index in [4.69, 9.17) is 27.9 Å². The minimum Gasteiger partial charge on any atom is -0.378 e. The third-order valence-corrected chi connectivity index (χ3v) is 4.99. The van der Waals surface area contributed by atoms with E-state index in [0.29, 0.717) is 47.4 Å². The minimum atomic E-state index is 0.390. The van der Waals surface area contributed by atoms with Crippen molar-refractivity contribution in [2.75, 3.05) is 36.6 Å². The fraction of sp³-hybridized carbons (Fsp3) is 0.238. The van der Waals surface area contributed by atoms with E-state index in [2.05, 4.69) is 30.4 Å². The summed E-state index contributed by atoms with van der Waals surface area (Å²) >= 11 is 11.9. The number of benzene rings is 2. The Kier molecular flexibility index (Phi) is 6.74. The van der Waals surface area contributed by atoms with E-state index in [0.717, 1.165) is 24.2 Å². The summed E-state index contributed by atoms with van der Waals surface area (Å²) in [6, 6.07) is 15.0. The van der Waals surface area contributed by atoms with Gasteiger partial charge in [-0.15, -0.1) is 0 Å². The molecular formula is C21H20Cl2N6O. The van der Waals surface area contributed by atoms with Crippen molar-refractivity contribution in [1.29, 1.82) is 0 Å². The maximum Gasteiger partial charge on any atom is 0.248 e. The summed E-state index contributed by atoms with van der Waals surface area (Å²) in [6.07, 6.45) is 2.25. The highest BCUT2D eigenvalue weighted by atomic mass is 35.5. The Morgan fingerprint density at radius 3 is 2.30 bits per heavy atom. The molecule has 0 radical (unpaired) electrons. The second-order valence-corrected chi connectivity index (χ2v) is 7.57. The summed E-state index contributed by atoms with van der Waals surface area (Å²) < 4.78 is 5.44. The van der Waals surface area contributed by atoms with E-state index < -0.39 is 0 Å². The van der Waals surface area contributed by atoms with E-state index in [1.165, 1.54) is 0 Å². The van der Waals surface area contributed by atoms with Gasteiger partial charge < -0.3 is 9.64 Å². The Balaban J connectivity index is 1.55. The van der Waals surface area contributed by atoms with Gasteiger partial charge in [0, 0.05) is 29.6 Å². The van der Waals surface area contributed by atoms with E-state index in [1.807, 2.05) is 48.5 Å². The number of aromatic nitrogens is 3. The molecule has 7 nitrogen and oxygen atoms in total. The maximum atomic E-state index is 5.99. The van der Waals surface area contributed by atoms with Crippen LogP contribution in [0.5, 0.6) is 0 Å². The lowest BCUT2D eigenvalue weighted by molar-refractivity contribution is 0.122. The number of hydrogen-bond acceptors (Lipinski definition) is 7. The standard InChI is InChI=1S/C21H20Cl2N6O/c22-17-5-1-15(2-6-17)13-19-25-20(27-21(26-19)29-9-11-30-12-10-29)28-24-14-16-3-7-18(23)8-4-16/h1-8,14H,9-13H2,(H,25,26,27,28)/b24-14+. The van der Waals surface area contributed by atoms with Gasteiger partial charge in [-0.2, -0.15) is 20.1 Å². The second-order valence-electron chi connectivity index (χ2n) is 6.70. The van der Waals surface area contributed by atoms with Crippen molar-refractivity contribution in [3.63, 3.8) is 0 Å². The molecule has 3 aromatic rings. The number of nitrogens with one attached hydrogen (secondary N) is 1. The molecule has 1 fully saturated rings. The van der Waals surface area contributed by atoms with Crippen molar-refractivity contribution >= 4 is 41.3 Å². The van der Waals surface area contributed by atoms with Crippen LogP contribution in [0.25, 0.3) is 0 Å². The van der Waals surface area contributed by atoms with Gasteiger partial charge in [0.05, 0.1) is 19.4 Å². The molecule has 0 atom stereocenters. The van der Waals surface area contributed by atoms with Gasteiger partial charge in [-0.1, -0.05) is 47.5 Å². The molecule has 1 N–H and O–H groups in total. The van der Waals surface area contributed by atoms with E-state index >= 15 is 0 Å². The summed E-state index contributed by atoms with van der Waals surface area (Å²) in [5.41, 5.74) is 4.89. The molecule has 154 valence electrons. The van der Waals surface area contributed by atoms with Gasteiger partial charge in [0.25, 0.3) is 0 Å². The highest BCUT2D eigenvalue weighted by Gasteiger charge is 2.16. The first-order chi connectivity index (χ1) is 14.7. The summed E-state index contributed by atoms with van der Waals surface area (Å²) in [7, 11) is 0. The van der Waals surface area contributed by atoms with Crippen molar-refractivity contribution in [2.24, 2.45) is 5.10 Å². The smallest absolute Gasteiger partial charge is 0.248 e. The number of rotatable bonds is 6. The van der Waals surface area contributed by atoms with Crippen LogP contribution < -0.4 is 10.3 Å². The van der Waals surface area contributed by atoms with Crippen molar-refractivity contribution in [3.8, 4) is 0 Å². The van der Waals surface area contributed by atoms with Crippen molar-refractivity contribution in [1.82, 2.24) is 15.0 Å². The number of halogens is 2. The van der Waals surface area contributed by atoms with Gasteiger partial charge in [0.1, 0.15) is 5.82 Å².